The van der Waals surface area contributed by atoms with Crippen LogP contribution in [0.1, 0.15) is 18.0 Å². The molecule has 0 saturated carbocycles. The average molecular weight is 274 g/mol. The summed E-state index contributed by atoms with van der Waals surface area (Å²) in [6.07, 6.45) is 1.17. The fraction of sp³-hybridized carbons (Fsp3) is 0.533. The standard InChI is InChI=1S/C15H22N4O/c1-17-6-3-7-19(9-8-17)11-4-5-12-13(10-11)18(2)15(20)14(12)16/h4-5,10,14H,3,6-9,16H2,1-2H3. The highest BCUT2D eigenvalue weighted by Gasteiger charge is 2.32. The maximum atomic E-state index is 11.9. The molecule has 1 unspecified atom stereocenters. The van der Waals surface area contributed by atoms with E-state index < -0.39 is 6.04 Å². The van der Waals surface area contributed by atoms with Gasteiger partial charge in [0.15, 0.2) is 0 Å². The van der Waals surface area contributed by atoms with E-state index in [1.165, 1.54) is 12.1 Å². The smallest absolute Gasteiger partial charge is 0.248 e. The summed E-state index contributed by atoms with van der Waals surface area (Å²) < 4.78 is 0. The Morgan fingerprint density at radius 3 is 2.75 bits per heavy atom. The maximum absolute atomic E-state index is 11.9. The van der Waals surface area contributed by atoms with E-state index in [9.17, 15) is 4.79 Å². The van der Waals surface area contributed by atoms with Crippen LogP contribution in [0.3, 0.4) is 0 Å². The van der Waals surface area contributed by atoms with Crippen molar-refractivity contribution in [1.29, 1.82) is 0 Å². The van der Waals surface area contributed by atoms with Gasteiger partial charge >= 0.3 is 0 Å². The first-order valence-corrected chi connectivity index (χ1v) is 7.18. The van der Waals surface area contributed by atoms with Gasteiger partial charge in [-0.05, 0) is 32.1 Å². The van der Waals surface area contributed by atoms with Crippen LogP contribution in [0, 0.1) is 0 Å². The van der Waals surface area contributed by atoms with E-state index >= 15 is 0 Å². The van der Waals surface area contributed by atoms with Crippen molar-refractivity contribution in [3.63, 3.8) is 0 Å². The number of nitrogens with zero attached hydrogens (tertiary/aromatic N) is 3. The molecule has 5 nitrogen and oxygen atoms in total. The number of fused-ring (bicyclic) bond motifs is 1. The normalized spacial score (nSPS) is 23.9. The summed E-state index contributed by atoms with van der Waals surface area (Å²) >= 11 is 0. The second kappa shape index (κ2) is 5.07. The zero-order chi connectivity index (χ0) is 14.3. The number of nitrogens with two attached hydrogens (primary N) is 1. The summed E-state index contributed by atoms with van der Waals surface area (Å²) in [5.41, 5.74) is 9.02. The molecule has 0 spiro atoms. The first-order valence-electron chi connectivity index (χ1n) is 7.18. The fourth-order valence-electron chi connectivity index (χ4n) is 3.05. The minimum Gasteiger partial charge on any atom is -0.370 e. The summed E-state index contributed by atoms with van der Waals surface area (Å²) in [5.74, 6) is -0.0206. The Balaban J connectivity index is 1.88. The van der Waals surface area contributed by atoms with Gasteiger partial charge in [-0.1, -0.05) is 6.07 Å². The molecular weight excluding hydrogens is 252 g/mol. The van der Waals surface area contributed by atoms with Gasteiger partial charge in [-0.3, -0.25) is 4.79 Å². The molecule has 3 rings (SSSR count). The summed E-state index contributed by atoms with van der Waals surface area (Å²) in [4.78, 5) is 18.4. The molecule has 0 bridgehead atoms. The summed E-state index contributed by atoms with van der Waals surface area (Å²) in [6.45, 7) is 4.31. The van der Waals surface area contributed by atoms with Gasteiger partial charge in [-0.2, -0.15) is 0 Å². The van der Waals surface area contributed by atoms with E-state index in [0.29, 0.717) is 0 Å². The quantitative estimate of drug-likeness (QED) is 0.823. The molecule has 2 heterocycles. The van der Waals surface area contributed by atoms with Crippen molar-refractivity contribution in [3.8, 4) is 0 Å². The Morgan fingerprint density at radius 2 is 1.95 bits per heavy atom. The van der Waals surface area contributed by atoms with Crippen molar-refractivity contribution in [1.82, 2.24) is 4.90 Å². The second-order valence-corrected chi connectivity index (χ2v) is 5.76. The molecule has 1 atom stereocenters. The Kier molecular flexibility index (Phi) is 3.40. The van der Waals surface area contributed by atoms with Crippen molar-refractivity contribution in [2.45, 2.75) is 12.5 Å². The van der Waals surface area contributed by atoms with Crippen molar-refractivity contribution in [3.05, 3.63) is 23.8 Å². The van der Waals surface area contributed by atoms with Gasteiger partial charge in [0.25, 0.3) is 0 Å². The predicted octanol–water partition coefficient (Wildman–Crippen LogP) is 0.805. The van der Waals surface area contributed by atoms with Crippen LogP contribution in [0.2, 0.25) is 0 Å². The van der Waals surface area contributed by atoms with Crippen LogP contribution >= 0.6 is 0 Å². The van der Waals surface area contributed by atoms with E-state index in [0.717, 1.165) is 37.4 Å². The summed E-state index contributed by atoms with van der Waals surface area (Å²) in [5, 5.41) is 0. The Labute approximate surface area is 119 Å². The van der Waals surface area contributed by atoms with Crippen molar-refractivity contribution in [2.24, 2.45) is 5.73 Å². The van der Waals surface area contributed by atoms with Crippen LogP contribution < -0.4 is 15.5 Å². The van der Waals surface area contributed by atoms with Crippen LogP contribution in [0.4, 0.5) is 11.4 Å². The first-order chi connectivity index (χ1) is 9.58. The van der Waals surface area contributed by atoms with Crippen LogP contribution in [0.15, 0.2) is 18.2 Å². The highest BCUT2D eigenvalue weighted by Crippen LogP contribution is 2.36. The number of likely N-dealkylation sites (N-methyl/N-ethyl adjacent to an activating group) is 2. The van der Waals surface area contributed by atoms with Crippen LogP contribution in [-0.4, -0.2) is 51.1 Å². The van der Waals surface area contributed by atoms with Crippen LogP contribution in [0.5, 0.6) is 0 Å². The molecule has 2 aliphatic heterocycles. The minimum absolute atomic E-state index is 0.0206. The molecule has 108 valence electrons. The molecule has 2 aliphatic rings. The molecule has 20 heavy (non-hydrogen) atoms. The molecule has 2 N–H and O–H groups in total. The van der Waals surface area contributed by atoms with Crippen LogP contribution in [-0.2, 0) is 4.79 Å². The molecular formula is C15H22N4O. The highest BCUT2D eigenvalue weighted by atomic mass is 16.2. The number of hydrogen-bond donors (Lipinski definition) is 1. The monoisotopic (exact) mass is 274 g/mol. The molecule has 1 fully saturated rings. The molecule has 0 aliphatic carbocycles. The third-order valence-corrected chi connectivity index (χ3v) is 4.39. The zero-order valence-electron chi connectivity index (χ0n) is 12.2. The minimum atomic E-state index is -0.501. The fourth-order valence-corrected chi connectivity index (χ4v) is 3.05. The van der Waals surface area contributed by atoms with E-state index in [2.05, 4.69) is 29.0 Å². The number of carbonyl (C=O) groups excluding carboxylic acids is 1. The summed E-state index contributed by atoms with van der Waals surface area (Å²) in [6, 6.07) is 5.70. The highest BCUT2D eigenvalue weighted by molar-refractivity contribution is 6.04. The molecule has 0 radical (unpaired) electrons. The Bertz CT molecular complexity index is 531. The second-order valence-electron chi connectivity index (χ2n) is 5.76. The number of carbonyl (C=O) groups is 1. The molecule has 1 aromatic carbocycles. The zero-order valence-corrected chi connectivity index (χ0v) is 12.2. The van der Waals surface area contributed by atoms with E-state index in [1.807, 2.05) is 6.07 Å². The molecule has 1 saturated heterocycles. The largest absolute Gasteiger partial charge is 0.370 e. The van der Waals surface area contributed by atoms with E-state index in [1.54, 1.807) is 11.9 Å². The van der Waals surface area contributed by atoms with Gasteiger partial charge in [0.2, 0.25) is 5.91 Å². The molecule has 1 aromatic rings. The van der Waals surface area contributed by atoms with Crippen molar-refractivity contribution >= 4 is 17.3 Å². The third kappa shape index (κ3) is 2.17. The Hall–Kier alpha value is -1.59. The average Bonchev–Trinajstić information content (AvgIpc) is 2.64. The van der Waals surface area contributed by atoms with Gasteiger partial charge in [-0.15, -0.1) is 0 Å². The predicted molar refractivity (Wildman–Crippen MR) is 81.1 cm³/mol. The maximum Gasteiger partial charge on any atom is 0.248 e. The lowest BCUT2D eigenvalue weighted by atomic mass is 10.1. The number of rotatable bonds is 1. The van der Waals surface area contributed by atoms with E-state index in [4.69, 9.17) is 5.73 Å². The van der Waals surface area contributed by atoms with Crippen molar-refractivity contribution in [2.75, 3.05) is 50.1 Å². The number of benzene rings is 1. The SMILES string of the molecule is CN1CCCN(c2ccc3c(c2)N(C)C(=O)C3N)CC1. The van der Waals surface area contributed by atoms with Gasteiger partial charge < -0.3 is 20.4 Å². The third-order valence-electron chi connectivity index (χ3n) is 4.39. The molecule has 1 amide bonds. The topological polar surface area (TPSA) is 52.8 Å². The number of hydrogen-bond acceptors (Lipinski definition) is 4. The lowest BCUT2D eigenvalue weighted by molar-refractivity contribution is -0.118. The van der Waals surface area contributed by atoms with Gasteiger partial charge in [0, 0.05) is 37.9 Å². The lowest BCUT2D eigenvalue weighted by Gasteiger charge is -2.24. The lowest BCUT2D eigenvalue weighted by Crippen LogP contribution is -2.29. The Morgan fingerprint density at radius 1 is 1.15 bits per heavy atom. The molecule has 0 aromatic heterocycles. The first kappa shape index (κ1) is 13.4. The van der Waals surface area contributed by atoms with Gasteiger partial charge in [0.1, 0.15) is 6.04 Å². The number of anilines is 2. The van der Waals surface area contributed by atoms with Gasteiger partial charge in [0.05, 0.1) is 5.69 Å². The van der Waals surface area contributed by atoms with Gasteiger partial charge in [-0.25, -0.2) is 0 Å². The summed E-state index contributed by atoms with van der Waals surface area (Å²) in [7, 11) is 3.96. The van der Waals surface area contributed by atoms with Crippen molar-refractivity contribution < 1.29 is 4.79 Å². The van der Waals surface area contributed by atoms with Crippen LogP contribution in [0.25, 0.3) is 0 Å². The number of amides is 1. The van der Waals surface area contributed by atoms with E-state index in [-0.39, 0.29) is 5.91 Å². The molecule has 5 heteroatoms.